The molecule has 0 amide bonds. The molecule has 0 atom stereocenters. The molecule has 0 radical (unpaired) electrons. The van der Waals surface area contributed by atoms with Gasteiger partial charge in [-0.05, 0) is 24.1 Å². The van der Waals surface area contributed by atoms with Gasteiger partial charge >= 0.3 is 0 Å². The number of halogens is 1. The summed E-state index contributed by atoms with van der Waals surface area (Å²) in [5, 5.41) is 0.912. The number of carbonyl (C=O) groups excluding carboxylic acids is 1. The summed E-state index contributed by atoms with van der Waals surface area (Å²) in [6, 6.07) is 9.43. The van der Waals surface area contributed by atoms with Crippen LogP contribution in [0.3, 0.4) is 0 Å². The Labute approximate surface area is 150 Å². The SMILES string of the molecule is CCCn1cc(-c2cccc(C=O)c2)c2ccn(SI)c2c1=O. The normalized spacial score (nSPS) is 11.0. The van der Waals surface area contributed by atoms with Crippen molar-refractivity contribution >= 4 is 47.5 Å². The fraction of sp³-hybridized carbons (Fsp3) is 0.176. The number of hydrogen-bond acceptors (Lipinski definition) is 3. The van der Waals surface area contributed by atoms with Gasteiger partial charge in [0.25, 0.3) is 5.56 Å². The molecule has 0 bridgehead atoms. The molecule has 0 aliphatic heterocycles. The molecule has 2 heterocycles. The molecule has 3 rings (SSSR count). The average molecular weight is 438 g/mol. The van der Waals surface area contributed by atoms with E-state index in [1.54, 1.807) is 10.6 Å². The van der Waals surface area contributed by atoms with Crippen molar-refractivity contribution in [1.82, 2.24) is 8.54 Å². The smallest absolute Gasteiger partial charge is 0.276 e. The number of hydrogen-bond donors (Lipinski definition) is 0. The number of carbonyl (C=O) groups is 1. The third-order valence-electron chi connectivity index (χ3n) is 3.76. The lowest BCUT2D eigenvalue weighted by Crippen LogP contribution is -2.21. The lowest BCUT2D eigenvalue weighted by atomic mass is 10.0. The molecular weight excluding hydrogens is 423 g/mol. The van der Waals surface area contributed by atoms with E-state index in [9.17, 15) is 9.59 Å². The van der Waals surface area contributed by atoms with Gasteiger partial charge in [0, 0.05) is 65.8 Å². The zero-order valence-corrected chi connectivity index (χ0v) is 15.5. The van der Waals surface area contributed by atoms with Crippen LogP contribution in [0.1, 0.15) is 23.7 Å². The molecule has 0 saturated heterocycles. The Bertz CT molecular complexity index is 930. The fourth-order valence-corrected chi connectivity index (χ4v) is 4.07. The second-order valence-electron chi connectivity index (χ2n) is 5.26. The van der Waals surface area contributed by atoms with E-state index in [1.165, 1.54) is 9.12 Å². The molecule has 0 aliphatic rings. The maximum absolute atomic E-state index is 12.7. The van der Waals surface area contributed by atoms with Gasteiger partial charge in [-0.15, -0.1) is 0 Å². The number of rotatable bonds is 5. The van der Waals surface area contributed by atoms with Gasteiger partial charge in [0.05, 0.1) is 0 Å². The highest BCUT2D eigenvalue weighted by Crippen LogP contribution is 2.31. The van der Waals surface area contributed by atoms with Crippen molar-refractivity contribution in [2.75, 3.05) is 0 Å². The van der Waals surface area contributed by atoms with E-state index in [-0.39, 0.29) is 5.56 Å². The van der Waals surface area contributed by atoms with E-state index in [1.807, 2.05) is 40.6 Å². The Balaban J connectivity index is 2.35. The van der Waals surface area contributed by atoms with Gasteiger partial charge < -0.3 is 4.57 Å². The minimum atomic E-state index is 0.0197. The van der Waals surface area contributed by atoms with Gasteiger partial charge in [-0.3, -0.25) is 13.6 Å². The second-order valence-corrected chi connectivity index (χ2v) is 6.97. The Kier molecular flexibility index (Phi) is 4.91. The third-order valence-corrected chi connectivity index (χ3v) is 5.49. The summed E-state index contributed by atoms with van der Waals surface area (Å²) in [4.78, 5) is 23.8. The second kappa shape index (κ2) is 6.92. The lowest BCUT2D eigenvalue weighted by Gasteiger charge is -2.11. The summed E-state index contributed by atoms with van der Waals surface area (Å²) < 4.78 is 3.64. The number of aldehydes is 1. The fourth-order valence-electron chi connectivity index (χ4n) is 2.74. The standard InChI is InChI=1S/C17H15IN2O2S/c1-2-7-19-10-15(13-5-3-4-12(9-13)11-21)14-6-8-20(23-18)16(14)17(19)22/h3-6,8-11H,2,7H2,1H3. The van der Waals surface area contributed by atoms with Crippen molar-refractivity contribution in [2.45, 2.75) is 19.9 Å². The van der Waals surface area contributed by atoms with Crippen molar-refractivity contribution in [3.05, 3.63) is 58.6 Å². The van der Waals surface area contributed by atoms with E-state index in [2.05, 4.69) is 28.1 Å². The molecule has 0 spiro atoms. The van der Waals surface area contributed by atoms with Crippen molar-refractivity contribution in [3.63, 3.8) is 0 Å². The number of pyridine rings is 1. The average Bonchev–Trinajstić information content (AvgIpc) is 3.02. The van der Waals surface area contributed by atoms with E-state index >= 15 is 0 Å². The summed E-state index contributed by atoms with van der Waals surface area (Å²) in [6.45, 7) is 2.72. The van der Waals surface area contributed by atoms with Gasteiger partial charge in [-0.25, -0.2) is 0 Å². The first-order valence-corrected chi connectivity index (χ1v) is 10.6. The molecule has 23 heavy (non-hydrogen) atoms. The van der Waals surface area contributed by atoms with Crippen LogP contribution < -0.4 is 5.56 Å². The zero-order chi connectivity index (χ0) is 16.4. The Morgan fingerprint density at radius 1 is 1.30 bits per heavy atom. The predicted octanol–water partition coefficient (Wildman–Crippen LogP) is 4.54. The van der Waals surface area contributed by atoms with Crippen LogP contribution in [0.25, 0.3) is 22.0 Å². The van der Waals surface area contributed by atoms with E-state index in [4.69, 9.17) is 0 Å². The Morgan fingerprint density at radius 2 is 2.13 bits per heavy atom. The largest absolute Gasteiger partial charge is 0.313 e. The molecule has 0 aliphatic carbocycles. The number of nitrogens with zero attached hydrogens (tertiary/aromatic N) is 2. The number of fused-ring (bicyclic) bond motifs is 1. The molecule has 1 aromatic carbocycles. The topological polar surface area (TPSA) is 44.0 Å². The molecule has 0 saturated carbocycles. The highest BCUT2D eigenvalue weighted by molar-refractivity contribution is 14.2. The van der Waals surface area contributed by atoms with Gasteiger partial charge in [0.15, 0.2) is 0 Å². The Morgan fingerprint density at radius 3 is 2.83 bits per heavy atom. The predicted molar refractivity (Wildman–Crippen MR) is 104 cm³/mol. The van der Waals surface area contributed by atoms with Crippen LogP contribution in [0.5, 0.6) is 0 Å². The minimum absolute atomic E-state index is 0.0197. The Hall–Kier alpha value is -1.54. The summed E-state index contributed by atoms with van der Waals surface area (Å²) >= 11 is 2.17. The molecule has 3 aromatic rings. The van der Waals surface area contributed by atoms with Crippen LogP contribution in [-0.2, 0) is 6.54 Å². The van der Waals surface area contributed by atoms with Gasteiger partial charge in [0.1, 0.15) is 11.8 Å². The molecule has 4 nitrogen and oxygen atoms in total. The maximum Gasteiger partial charge on any atom is 0.276 e. The summed E-state index contributed by atoms with van der Waals surface area (Å²) in [7, 11) is 1.47. The quantitative estimate of drug-likeness (QED) is 0.434. The number of aryl methyl sites for hydroxylation is 1. The van der Waals surface area contributed by atoms with E-state index < -0.39 is 0 Å². The summed E-state index contributed by atoms with van der Waals surface area (Å²) in [5.74, 6) is 0. The molecule has 0 unspecified atom stereocenters. The van der Waals surface area contributed by atoms with Crippen LogP contribution in [0.15, 0.2) is 47.5 Å². The lowest BCUT2D eigenvalue weighted by molar-refractivity contribution is 0.112. The molecule has 2 aromatic heterocycles. The van der Waals surface area contributed by atoms with Crippen molar-refractivity contribution < 1.29 is 4.79 Å². The van der Waals surface area contributed by atoms with Crippen LogP contribution in [0.4, 0.5) is 0 Å². The van der Waals surface area contributed by atoms with Crippen molar-refractivity contribution in [3.8, 4) is 11.1 Å². The first-order chi connectivity index (χ1) is 11.2. The van der Waals surface area contributed by atoms with Crippen molar-refractivity contribution in [1.29, 1.82) is 0 Å². The molecular formula is C17H15IN2O2S. The van der Waals surface area contributed by atoms with Gasteiger partial charge in [0.2, 0.25) is 0 Å². The summed E-state index contributed by atoms with van der Waals surface area (Å²) in [5.41, 5.74) is 3.26. The number of aromatic nitrogens is 2. The van der Waals surface area contributed by atoms with E-state index in [0.29, 0.717) is 17.6 Å². The molecule has 6 heteroatoms. The highest BCUT2D eigenvalue weighted by atomic mass is 127. The van der Waals surface area contributed by atoms with Crippen molar-refractivity contribution in [2.24, 2.45) is 0 Å². The summed E-state index contributed by atoms with van der Waals surface area (Å²) in [6.07, 6.45) is 5.54. The van der Waals surface area contributed by atoms with Crippen LogP contribution in [0, 0.1) is 0 Å². The van der Waals surface area contributed by atoms with Crippen LogP contribution >= 0.6 is 30.3 Å². The minimum Gasteiger partial charge on any atom is -0.313 e. The maximum atomic E-state index is 12.7. The van der Waals surface area contributed by atoms with E-state index in [0.717, 1.165) is 29.2 Å². The number of benzene rings is 1. The zero-order valence-electron chi connectivity index (χ0n) is 12.5. The van der Waals surface area contributed by atoms with Gasteiger partial charge in [-0.2, -0.15) is 0 Å². The monoisotopic (exact) mass is 438 g/mol. The van der Waals surface area contributed by atoms with Gasteiger partial charge in [-0.1, -0.05) is 25.1 Å². The first kappa shape index (κ1) is 16.3. The molecule has 118 valence electrons. The van der Waals surface area contributed by atoms with Crippen LogP contribution in [-0.4, -0.2) is 14.8 Å². The third kappa shape index (κ3) is 2.97. The molecule has 0 N–H and O–H groups in total. The van der Waals surface area contributed by atoms with Crippen LogP contribution in [0.2, 0.25) is 0 Å². The highest BCUT2D eigenvalue weighted by Gasteiger charge is 2.14. The molecule has 0 fully saturated rings. The first-order valence-electron chi connectivity index (χ1n) is 7.28.